The minimum Gasteiger partial charge on any atom is -0.545 e. The van der Waals surface area contributed by atoms with Gasteiger partial charge in [-0.3, -0.25) is 4.79 Å². The molecule has 0 fully saturated rings. The summed E-state index contributed by atoms with van der Waals surface area (Å²) in [5, 5.41) is 13.2. The fraction of sp³-hybridized carbons (Fsp3) is 0. The lowest BCUT2D eigenvalue weighted by atomic mass is 9.97. The van der Waals surface area contributed by atoms with Crippen molar-refractivity contribution in [2.45, 2.75) is 0 Å². The number of fused-ring (bicyclic) bond motifs is 2. The van der Waals surface area contributed by atoms with Gasteiger partial charge >= 0.3 is 0 Å². The van der Waals surface area contributed by atoms with E-state index in [4.69, 9.17) is 4.42 Å². The zero-order valence-electron chi connectivity index (χ0n) is 12.5. The second kappa shape index (κ2) is 5.35. The van der Waals surface area contributed by atoms with Gasteiger partial charge in [0.2, 0.25) is 0 Å². The van der Waals surface area contributed by atoms with E-state index in [1.165, 1.54) is 12.1 Å². The third-order valence-corrected chi connectivity index (χ3v) is 4.02. The van der Waals surface area contributed by atoms with Crippen LogP contribution in [0.4, 0.5) is 0 Å². The van der Waals surface area contributed by atoms with Crippen molar-refractivity contribution in [2.24, 2.45) is 0 Å². The Morgan fingerprint density at radius 2 is 1.67 bits per heavy atom. The molecule has 0 aliphatic heterocycles. The zero-order valence-corrected chi connectivity index (χ0v) is 12.5. The number of para-hydroxylation sites is 1. The second-order valence-electron chi connectivity index (χ2n) is 5.47. The predicted molar refractivity (Wildman–Crippen MR) is 89.8 cm³/mol. The lowest BCUT2D eigenvalue weighted by molar-refractivity contribution is -0.254. The molecule has 0 N–H and O–H groups in total. The molecule has 0 radical (unpaired) electrons. The number of benzene rings is 3. The molecular formula is C20H11O4-. The highest BCUT2D eigenvalue weighted by atomic mass is 16.4. The highest BCUT2D eigenvalue weighted by molar-refractivity contribution is 6.09. The first-order valence-corrected chi connectivity index (χ1v) is 7.41. The Bertz CT molecular complexity index is 1150. The van der Waals surface area contributed by atoms with E-state index >= 15 is 0 Å². The molecule has 4 heteroatoms. The van der Waals surface area contributed by atoms with Gasteiger partial charge in [0.25, 0.3) is 0 Å². The Hall–Kier alpha value is -3.40. The molecule has 0 saturated heterocycles. The van der Waals surface area contributed by atoms with Crippen molar-refractivity contribution in [3.63, 3.8) is 0 Å². The van der Waals surface area contributed by atoms with Crippen LogP contribution in [0.25, 0.3) is 33.1 Å². The van der Waals surface area contributed by atoms with E-state index in [1.54, 1.807) is 42.5 Å². The number of carbonyl (C=O) groups is 1. The highest BCUT2D eigenvalue weighted by Crippen LogP contribution is 2.31. The minimum atomic E-state index is -1.27. The minimum absolute atomic E-state index is 0.0684. The first-order chi connectivity index (χ1) is 11.6. The Morgan fingerprint density at radius 3 is 2.46 bits per heavy atom. The molecule has 24 heavy (non-hydrogen) atoms. The maximum Gasteiger partial charge on any atom is 0.193 e. The number of aromatic carboxylic acids is 1. The van der Waals surface area contributed by atoms with Crippen molar-refractivity contribution in [3.8, 4) is 11.3 Å². The molecule has 0 unspecified atom stereocenters. The molecule has 0 spiro atoms. The van der Waals surface area contributed by atoms with E-state index in [1.807, 2.05) is 12.1 Å². The first kappa shape index (κ1) is 14.2. The third-order valence-electron chi connectivity index (χ3n) is 4.02. The van der Waals surface area contributed by atoms with E-state index in [0.717, 1.165) is 5.39 Å². The lowest BCUT2D eigenvalue weighted by Gasteiger charge is -2.12. The monoisotopic (exact) mass is 315 g/mol. The van der Waals surface area contributed by atoms with Crippen LogP contribution < -0.4 is 10.5 Å². The fourth-order valence-corrected chi connectivity index (χ4v) is 2.95. The standard InChI is InChI=1S/C20H12O4/c21-16-11-18(24-17-10-2-1-7-13(16)17)14-8-3-5-12-6-4-9-15(19(12)14)20(22)23/h1-11H,(H,22,23)/p-1. The number of carbonyl (C=O) groups excluding carboxylic acids is 1. The summed E-state index contributed by atoms with van der Waals surface area (Å²) >= 11 is 0. The molecule has 0 aliphatic carbocycles. The van der Waals surface area contributed by atoms with Crippen LogP contribution >= 0.6 is 0 Å². The molecular weight excluding hydrogens is 304 g/mol. The molecule has 116 valence electrons. The van der Waals surface area contributed by atoms with Crippen molar-refractivity contribution in [2.75, 3.05) is 0 Å². The number of carboxylic acid groups (broad SMARTS) is 1. The number of hydrogen-bond donors (Lipinski definition) is 0. The summed E-state index contributed by atoms with van der Waals surface area (Å²) in [5.41, 5.74) is 0.909. The summed E-state index contributed by atoms with van der Waals surface area (Å²) in [5.74, 6) is -0.936. The average Bonchev–Trinajstić information content (AvgIpc) is 2.60. The third kappa shape index (κ3) is 2.16. The number of hydrogen-bond acceptors (Lipinski definition) is 4. The lowest BCUT2D eigenvalue weighted by Crippen LogP contribution is -2.22. The van der Waals surface area contributed by atoms with Crippen LogP contribution in [0.3, 0.4) is 0 Å². The Kier molecular flexibility index (Phi) is 3.17. The normalized spacial score (nSPS) is 11.0. The van der Waals surface area contributed by atoms with Crippen molar-refractivity contribution in [1.82, 2.24) is 0 Å². The van der Waals surface area contributed by atoms with Crippen molar-refractivity contribution < 1.29 is 14.3 Å². The van der Waals surface area contributed by atoms with E-state index < -0.39 is 5.97 Å². The van der Waals surface area contributed by atoms with Gasteiger partial charge in [-0.2, -0.15) is 0 Å². The summed E-state index contributed by atoms with van der Waals surface area (Å²) < 4.78 is 5.86. The molecule has 0 saturated carbocycles. The van der Waals surface area contributed by atoms with Crippen molar-refractivity contribution in [3.05, 3.63) is 82.5 Å². The number of rotatable bonds is 2. The molecule has 4 rings (SSSR count). The van der Waals surface area contributed by atoms with Crippen LogP contribution in [0.15, 0.2) is 75.9 Å². The molecule has 1 heterocycles. The highest BCUT2D eigenvalue weighted by Gasteiger charge is 2.12. The molecule has 4 nitrogen and oxygen atoms in total. The smallest absolute Gasteiger partial charge is 0.193 e. The Morgan fingerprint density at radius 1 is 0.917 bits per heavy atom. The van der Waals surface area contributed by atoms with Gasteiger partial charge in [0.15, 0.2) is 5.43 Å². The molecule has 3 aromatic carbocycles. The average molecular weight is 315 g/mol. The first-order valence-electron chi connectivity index (χ1n) is 7.41. The number of carboxylic acids is 1. The van der Waals surface area contributed by atoms with Crippen LogP contribution in [0.1, 0.15) is 10.4 Å². The summed E-state index contributed by atoms with van der Waals surface area (Å²) in [7, 11) is 0. The van der Waals surface area contributed by atoms with Crippen LogP contribution in [0.5, 0.6) is 0 Å². The quantitative estimate of drug-likeness (QED) is 0.570. The molecule has 4 aromatic rings. The maximum atomic E-state index is 12.3. The Labute approximate surface area is 136 Å². The summed E-state index contributed by atoms with van der Waals surface area (Å²) in [4.78, 5) is 23.8. The zero-order chi connectivity index (χ0) is 16.7. The molecule has 0 atom stereocenters. The second-order valence-corrected chi connectivity index (χ2v) is 5.47. The van der Waals surface area contributed by atoms with Gasteiger partial charge in [-0.1, -0.05) is 48.5 Å². The van der Waals surface area contributed by atoms with Gasteiger partial charge in [0.05, 0.1) is 11.4 Å². The van der Waals surface area contributed by atoms with Gasteiger partial charge in [-0.05, 0) is 17.5 Å². The van der Waals surface area contributed by atoms with Gasteiger partial charge in [0, 0.05) is 22.6 Å². The van der Waals surface area contributed by atoms with Gasteiger partial charge in [0.1, 0.15) is 11.3 Å². The van der Waals surface area contributed by atoms with E-state index in [2.05, 4.69) is 0 Å². The van der Waals surface area contributed by atoms with Crippen molar-refractivity contribution >= 4 is 27.7 Å². The summed E-state index contributed by atoms with van der Waals surface area (Å²) in [6, 6.07) is 18.7. The van der Waals surface area contributed by atoms with Crippen LogP contribution in [-0.2, 0) is 0 Å². The largest absolute Gasteiger partial charge is 0.545 e. The van der Waals surface area contributed by atoms with E-state index in [-0.39, 0.29) is 11.0 Å². The summed E-state index contributed by atoms with van der Waals surface area (Å²) in [6.07, 6.45) is 0. The molecule has 0 amide bonds. The van der Waals surface area contributed by atoms with E-state index in [9.17, 15) is 14.7 Å². The van der Waals surface area contributed by atoms with Crippen LogP contribution in [-0.4, -0.2) is 5.97 Å². The topological polar surface area (TPSA) is 70.3 Å². The SMILES string of the molecule is O=C([O-])c1cccc2cccc(-c3cc(=O)c4ccccc4o3)c12. The summed E-state index contributed by atoms with van der Waals surface area (Å²) in [6.45, 7) is 0. The van der Waals surface area contributed by atoms with Crippen LogP contribution in [0.2, 0.25) is 0 Å². The predicted octanol–water partition coefficient (Wildman–Crippen LogP) is 2.98. The van der Waals surface area contributed by atoms with Crippen LogP contribution in [0, 0.1) is 0 Å². The molecule has 1 aromatic heterocycles. The molecule has 0 bridgehead atoms. The Balaban J connectivity index is 2.11. The van der Waals surface area contributed by atoms with Crippen molar-refractivity contribution in [1.29, 1.82) is 0 Å². The van der Waals surface area contributed by atoms with Gasteiger partial charge < -0.3 is 14.3 Å². The van der Waals surface area contributed by atoms with Gasteiger partial charge in [-0.25, -0.2) is 0 Å². The molecule has 0 aliphatic rings. The fourth-order valence-electron chi connectivity index (χ4n) is 2.95. The maximum absolute atomic E-state index is 12.3. The van der Waals surface area contributed by atoms with E-state index in [0.29, 0.717) is 27.7 Å². The van der Waals surface area contributed by atoms with Gasteiger partial charge in [-0.15, -0.1) is 0 Å².